The first-order chi connectivity index (χ1) is 7.55. The molecule has 0 spiro atoms. The van der Waals surface area contributed by atoms with Crippen LogP contribution >= 0.6 is 0 Å². The molecule has 0 aliphatic rings. The van der Waals surface area contributed by atoms with Gasteiger partial charge in [-0.05, 0) is 18.7 Å². The minimum Gasteiger partial charge on any atom is -0.383 e. The summed E-state index contributed by atoms with van der Waals surface area (Å²) in [5.74, 6) is 0. The summed E-state index contributed by atoms with van der Waals surface area (Å²) in [6.45, 7) is 4.33. The zero-order valence-corrected chi connectivity index (χ0v) is 10.0. The van der Waals surface area contributed by atoms with Gasteiger partial charge in [0.15, 0.2) is 0 Å². The fourth-order valence-electron chi connectivity index (χ4n) is 1.32. The van der Waals surface area contributed by atoms with Crippen molar-refractivity contribution in [2.24, 2.45) is 5.14 Å². The molecule has 0 atom stereocenters. The lowest BCUT2D eigenvalue weighted by Crippen LogP contribution is -2.23. The molecule has 90 valence electrons. The van der Waals surface area contributed by atoms with Crippen molar-refractivity contribution in [3.8, 4) is 0 Å². The number of rotatable bonds is 6. The Hall–Kier alpha value is -1.11. The highest BCUT2D eigenvalue weighted by Crippen LogP contribution is 2.18. The molecule has 0 radical (unpaired) electrons. The van der Waals surface area contributed by atoms with Gasteiger partial charge in [-0.1, -0.05) is 19.1 Å². The third kappa shape index (κ3) is 3.80. The first-order valence-corrected chi connectivity index (χ1v) is 6.66. The van der Waals surface area contributed by atoms with Crippen LogP contribution in [0.25, 0.3) is 0 Å². The van der Waals surface area contributed by atoms with Gasteiger partial charge in [-0.3, -0.25) is 0 Å². The van der Waals surface area contributed by atoms with E-state index in [0.29, 0.717) is 12.2 Å². The van der Waals surface area contributed by atoms with Crippen LogP contribution in [0.1, 0.15) is 6.92 Å². The number of nitrogens with two attached hydrogens (primary N) is 1. The summed E-state index contributed by atoms with van der Waals surface area (Å²) in [6, 6.07) is 6.61. The number of likely N-dealkylation sites (N-methyl/N-ethyl adjacent to an activating group) is 1. The van der Waals surface area contributed by atoms with Crippen LogP contribution in [0.15, 0.2) is 29.2 Å². The SMILES string of the molecule is CCNCCNc1ccccc1S(N)(=O)=O. The smallest absolute Gasteiger partial charge is 0.240 e. The van der Waals surface area contributed by atoms with E-state index < -0.39 is 10.0 Å². The van der Waals surface area contributed by atoms with Gasteiger partial charge in [0.2, 0.25) is 10.0 Å². The van der Waals surface area contributed by atoms with E-state index in [2.05, 4.69) is 10.6 Å². The Morgan fingerprint density at radius 1 is 1.25 bits per heavy atom. The lowest BCUT2D eigenvalue weighted by atomic mass is 10.3. The molecule has 0 aliphatic carbocycles. The van der Waals surface area contributed by atoms with Crippen molar-refractivity contribution >= 4 is 15.7 Å². The number of para-hydroxylation sites is 1. The Balaban J connectivity index is 2.73. The van der Waals surface area contributed by atoms with Crippen LogP contribution in [0, 0.1) is 0 Å². The maximum atomic E-state index is 11.3. The average Bonchev–Trinajstić information content (AvgIpc) is 2.24. The largest absolute Gasteiger partial charge is 0.383 e. The second kappa shape index (κ2) is 5.83. The number of anilines is 1. The van der Waals surface area contributed by atoms with Crippen molar-refractivity contribution < 1.29 is 8.42 Å². The number of hydrogen-bond acceptors (Lipinski definition) is 4. The van der Waals surface area contributed by atoms with Crippen LogP contribution in [-0.2, 0) is 10.0 Å². The van der Waals surface area contributed by atoms with Gasteiger partial charge in [0, 0.05) is 13.1 Å². The van der Waals surface area contributed by atoms with E-state index in [1.807, 2.05) is 6.92 Å². The van der Waals surface area contributed by atoms with E-state index in [4.69, 9.17) is 5.14 Å². The van der Waals surface area contributed by atoms with Crippen molar-refractivity contribution in [3.63, 3.8) is 0 Å². The molecule has 1 aromatic carbocycles. The highest BCUT2D eigenvalue weighted by molar-refractivity contribution is 7.89. The number of primary sulfonamides is 1. The topological polar surface area (TPSA) is 84.2 Å². The van der Waals surface area contributed by atoms with Crippen LogP contribution in [0.3, 0.4) is 0 Å². The van der Waals surface area contributed by atoms with Crippen LogP contribution in [0.5, 0.6) is 0 Å². The van der Waals surface area contributed by atoms with Crippen LogP contribution in [0.2, 0.25) is 0 Å². The van der Waals surface area contributed by atoms with Gasteiger partial charge >= 0.3 is 0 Å². The lowest BCUT2D eigenvalue weighted by Gasteiger charge is -2.10. The molecule has 4 N–H and O–H groups in total. The molecule has 0 amide bonds. The minimum atomic E-state index is -3.66. The number of nitrogens with one attached hydrogen (secondary N) is 2. The molecular formula is C10H17N3O2S. The van der Waals surface area contributed by atoms with Crippen molar-refractivity contribution in [1.82, 2.24) is 5.32 Å². The third-order valence-electron chi connectivity index (χ3n) is 2.06. The third-order valence-corrected chi connectivity index (χ3v) is 3.03. The Labute approximate surface area is 96.1 Å². The average molecular weight is 243 g/mol. The van der Waals surface area contributed by atoms with Gasteiger partial charge in [0.05, 0.1) is 5.69 Å². The van der Waals surface area contributed by atoms with E-state index >= 15 is 0 Å². The van der Waals surface area contributed by atoms with E-state index in [1.54, 1.807) is 18.2 Å². The van der Waals surface area contributed by atoms with Crippen molar-refractivity contribution in [1.29, 1.82) is 0 Å². The summed E-state index contributed by atoms with van der Waals surface area (Å²) in [4.78, 5) is 0.131. The predicted octanol–water partition coefficient (Wildman–Crippen LogP) is 0.355. The van der Waals surface area contributed by atoms with Gasteiger partial charge in [-0.15, -0.1) is 0 Å². The molecule has 0 fully saturated rings. The van der Waals surface area contributed by atoms with Crippen molar-refractivity contribution in [2.45, 2.75) is 11.8 Å². The molecule has 1 aromatic rings. The maximum Gasteiger partial charge on any atom is 0.240 e. The molecule has 1 rings (SSSR count). The molecule has 0 aliphatic heterocycles. The first-order valence-electron chi connectivity index (χ1n) is 5.12. The van der Waals surface area contributed by atoms with Gasteiger partial charge in [-0.2, -0.15) is 0 Å². The fourth-order valence-corrected chi connectivity index (χ4v) is 2.04. The van der Waals surface area contributed by atoms with Crippen LogP contribution < -0.4 is 15.8 Å². The second-order valence-corrected chi connectivity index (χ2v) is 4.85. The molecule has 16 heavy (non-hydrogen) atoms. The van der Waals surface area contributed by atoms with Crippen LogP contribution in [0.4, 0.5) is 5.69 Å². The highest BCUT2D eigenvalue weighted by Gasteiger charge is 2.12. The highest BCUT2D eigenvalue weighted by atomic mass is 32.2. The predicted molar refractivity (Wildman–Crippen MR) is 64.8 cm³/mol. The van der Waals surface area contributed by atoms with E-state index in [0.717, 1.165) is 13.1 Å². The van der Waals surface area contributed by atoms with Gasteiger partial charge in [0.25, 0.3) is 0 Å². The van der Waals surface area contributed by atoms with Crippen LogP contribution in [-0.4, -0.2) is 28.1 Å². The Morgan fingerprint density at radius 2 is 1.94 bits per heavy atom. The minimum absolute atomic E-state index is 0.131. The molecule has 0 saturated carbocycles. The number of sulfonamides is 1. The van der Waals surface area contributed by atoms with Gasteiger partial charge in [0.1, 0.15) is 4.90 Å². The summed E-state index contributed by atoms with van der Waals surface area (Å²) in [7, 11) is -3.66. The quantitative estimate of drug-likeness (QED) is 0.630. The molecule has 0 heterocycles. The zero-order chi connectivity index (χ0) is 12.0. The second-order valence-electron chi connectivity index (χ2n) is 3.32. The molecule has 6 heteroatoms. The Morgan fingerprint density at radius 3 is 2.56 bits per heavy atom. The molecule has 0 bridgehead atoms. The standard InChI is InChI=1S/C10H17N3O2S/c1-2-12-7-8-13-9-5-3-4-6-10(9)16(11,14)15/h3-6,12-13H,2,7-8H2,1H3,(H2,11,14,15). The Bertz CT molecular complexity index is 431. The van der Waals surface area contributed by atoms with Gasteiger partial charge < -0.3 is 10.6 Å². The van der Waals surface area contributed by atoms with Gasteiger partial charge in [-0.25, -0.2) is 13.6 Å². The molecule has 0 aromatic heterocycles. The van der Waals surface area contributed by atoms with E-state index in [1.165, 1.54) is 6.07 Å². The Kier molecular flexibility index (Phi) is 4.72. The summed E-state index contributed by atoms with van der Waals surface area (Å²) in [6.07, 6.45) is 0. The summed E-state index contributed by atoms with van der Waals surface area (Å²) >= 11 is 0. The van der Waals surface area contributed by atoms with Crippen molar-refractivity contribution in [2.75, 3.05) is 25.0 Å². The molecule has 5 nitrogen and oxygen atoms in total. The molecule has 0 unspecified atom stereocenters. The molecular weight excluding hydrogens is 226 g/mol. The maximum absolute atomic E-state index is 11.3. The van der Waals surface area contributed by atoms with E-state index in [-0.39, 0.29) is 4.90 Å². The first kappa shape index (κ1) is 13.0. The summed E-state index contributed by atoms with van der Waals surface area (Å²) in [5, 5.41) is 11.3. The number of benzene rings is 1. The monoisotopic (exact) mass is 243 g/mol. The lowest BCUT2D eigenvalue weighted by molar-refractivity contribution is 0.598. The summed E-state index contributed by atoms with van der Waals surface area (Å²) in [5.41, 5.74) is 0.544. The van der Waals surface area contributed by atoms with E-state index in [9.17, 15) is 8.42 Å². The van der Waals surface area contributed by atoms with Crippen molar-refractivity contribution in [3.05, 3.63) is 24.3 Å². The number of hydrogen-bond donors (Lipinski definition) is 3. The fraction of sp³-hybridized carbons (Fsp3) is 0.400. The zero-order valence-electron chi connectivity index (χ0n) is 9.23. The molecule has 0 saturated heterocycles. The normalized spacial score (nSPS) is 11.4. The summed E-state index contributed by atoms with van der Waals surface area (Å²) < 4.78 is 22.5.